The molecule has 90 valence electrons. The van der Waals surface area contributed by atoms with Gasteiger partial charge in [0.05, 0.1) is 0 Å². The van der Waals surface area contributed by atoms with Crippen molar-refractivity contribution >= 4 is 0 Å². The van der Waals surface area contributed by atoms with E-state index in [2.05, 4.69) is 41.5 Å². The Kier molecular flexibility index (Phi) is 4.26. The van der Waals surface area contributed by atoms with Gasteiger partial charge in [0.1, 0.15) is 0 Å². The molecule has 0 spiro atoms. The van der Waals surface area contributed by atoms with Gasteiger partial charge in [0, 0.05) is 0 Å². The Morgan fingerprint density at radius 3 is 2.27 bits per heavy atom. The Labute approximate surface area is 96.8 Å². The summed E-state index contributed by atoms with van der Waals surface area (Å²) in [5.74, 6) is 3.73. The van der Waals surface area contributed by atoms with Crippen LogP contribution < -0.4 is 0 Å². The molecule has 1 aliphatic carbocycles. The summed E-state index contributed by atoms with van der Waals surface area (Å²) in [6.07, 6.45) is 5.73. The smallest absolute Gasteiger partial charge is 0.0292 e. The van der Waals surface area contributed by atoms with Crippen LogP contribution in [0.5, 0.6) is 0 Å². The predicted molar refractivity (Wildman–Crippen MR) is 68.9 cm³/mol. The Balaban J connectivity index is 2.38. The first-order valence-electron chi connectivity index (χ1n) is 6.90. The van der Waals surface area contributed by atoms with Crippen molar-refractivity contribution < 1.29 is 0 Å². The van der Waals surface area contributed by atoms with Crippen molar-refractivity contribution in [1.82, 2.24) is 0 Å². The highest BCUT2D eigenvalue weighted by Crippen LogP contribution is 2.55. The first-order chi connectivity index (χ1) is 6.90. The van der Waals surface area contributed by atoms with E-state index >= 15 is 0 Å². The lowest BCUT2D eigenvalue weighted by atomic mass is 9.52. The molecule has 0 radical (unpaired) electrons. The van der Waals surface area contributed by atoms with E-state index in [0.29, 0.717) is 5.41 Å². The minimum atomic E-state index is 0.678. The van der Waals surface area contributed by atoms with Gasteiger partial charge in [-0.05, 0) is 48.3 Å². The van der Waals surface area contributed by atoms with Gasteiger partial charge in [-0.3, -0.25) is 0 Å². The average Bonchev–Trinajstić information content (AvgIpc) is 2.13. The Morgan fingerprint density at radius 2 is 1.87 bits per heavy atom. The van der Waals surface area contributed by atoms with Crippen molar-refractivity contribution in [1.29, 1.82) is 0 Å². The van der Waals surface area contributed by atoms with Gasteiger partial charge in [-0.1, -0.05) is 48.0 Å². The molecular formula is C15H30. The molecule has 1 fully saturated rings. The molecule has 0 aromatic carbocycles. The molecule has 1 saturated carbocycles. The molecule has 1 rings (SSSR count). The highest BCUT2D eigenvalue weighted by molar-refractivity contribution is 4.96. The van der Waals surface area contributed by atoms with Crippen molar-refractivity contribution in [3.05, 3.63) is 0 Å². The molecule has 4 unspecified atom stereocenters. The predicted octanol–water partition coefficient (Wildman–Crippen LogP) is 5.13. The lowest BCUT2D eigenvalue weighted by Gasteiger charge is -2.53. The van der Waals surface area contributed by atoms with E-state index < -0.39 is 0 Å². The van der Waals surface area contributed by atoms with Crippen molar-refractivity contribution in [2.24, 2.45) is 29.1 Å². The first-order valence-corrected chi connectivity index (χ1v) is 6.90. The van der Waals surface area contributed by atoms with E-state index in [1.165, 1.54) is 25.7 Å². The standard InChI is InChI=1S/C15H30/c1-7-14-13(5)10-15(14,6)9-8-12(4)11(2)3/h11-14H,7-10H2,1-6H3. The van der Waals surface area contributed by atoms with Gasteiger partial charge in [0.15, 0.2) is 0 Å². The van der Waals surface area contributed by atoms with Crippen LogP contribution in [0.4, 0.5) is 0 Å². The zero-order valence-electron chi connectivity index (χ0n) is 11.6. The van der Waals surface area contributed by atoms with Gasteiger partial charge in [0.25, 0.3) is 0 Å². The molecule has 4 atom stereocenters. The molecule has 0 aliphatic heterocycles. The van der Waals surface area contributed by atoms with Crippen LogP contribution in [0.25, 0.3) is 0 Å². The van der Waals surface area contributed by atoms with Gasteiger partial charge in [-0.25, -0.2) is 0 Å². The van der Waals surface area contributed by atoms with E-state index in [4.69, 9.17) is 0 Å². The fourth-order valence-electron chi connectivity index (χ4n) is 3.63. The van der Waals surface area contributed by atoms with Crippen molar-refractivity contribution in [2.75, 3.05) is 0 Å². The Morgan fingerprint density at radius 1 is 1.27 bits per heavy atom. The Hall–Kier alpha value is 0. The van der Waals surface area contributed by atoms with E-state index in [9.17, 15) is 0 Å². The zero-order chi connectivity index (χ0) is 11.6. The average molecular weight is 210 g/mol. The molecule has 0 saturated heterocycles. The van der Waals surface area contributed by atoms with Crippen LogP contribution in [0.1, 0.15) is 67.2 Å². The quantitative estimate of drug-likeness (QED) is 0.590. The lowest BCUT2D eigenvalue weighted by molar-refractivity contribution is -0.0323. The molecule has 0 aromatic rings. The Bertz CT molecular complexity index is 194. The van der Waals surface area contributed by atoms with Crippen molar-refractivity contribution in [3.8, 4) is 0 Å². The molecule has 0 heteroatoms. The summed E-state index contributed by atoms with van der Waals surface area (Å²) in [6, 6.07) is 0. The summed E-state index contributed by atoms with van der Waals surface area (Å²) in [6.45, 7) is 14.4. The minimum Gasteiger partial charge on any atom is -0.0651 e. The third kappa shape index (κ3) is 2.77. The molecule has 15 heavy (non-hydrogen) atoms. The second kappa shape index (κ2) is 4.89. The van der Waals surface area contributed by atoms with Crippen LogP contribution in [0.3, 0.4) is 0 Å². The van der Waals surface area contributed by atoms with E-state index in [-0.39, 0.29) is 0 Å². The second-order valence-corrected chi connectivity index (χ2v) is 6.61. The van der Waals surface area contributed by atoms with E-state index in [0.717, 1.165) is 23.7 Å². The maximum absolute atomic E-state index is 2.52. The molecule has 0 nitrogen and oxygen atoms in total. The van der Waals surface area contributed by atoms with Gasteiger partial charge in [0.2, 0.25) is 0 Å². The summed E-state index contributed by atoms with van der Waals surface area (Å²) in [5.41, 5.74) is 0.678. The molecule has 0 aromatic heterocycles. The molecular weight excluding hydrogens is 180 g/mol. The van der Waals surface area contributed by atoms with Crippen LogP contribution in [0.2, 0.25) is 0 Å². The summed E-state index contributed by atoms with van der Waals surface area (Å²) < 4.78 is 0. The van der Waals surface area contributed by atoms with E-state index in [1.807, 2.05) is 0 Å². The third-order valence-corrected chi connectivity index (χ3v) is 5.12. The van der Waals surface area contributed by atoms with Crippen molar-refractivity contribution in [2.45, 2.75) is 67.2 Å². The van der Waals surface area contributed by atoms with Crippen LogP contribution >= 0.6 is 0 Å². The second-order valence-electron chi connectivity index (χ2n) is 6.61. The topological polar surface area (TPSA) is 0 Å². The zero-order valence-corrected chi connectivity index (χ0v) is 11.6. The SMILES string of the molecule is CCC1C(C)CC1(C)CCC(C)C(C)C. The third-order valence-electron chi connectivity index (χ3n) is 5.12. The van der Waals surface area contributed by atoms with Gasteiger partial charge >= 0.3 is 0 Å². The van der Waals surface area contributed by atoms with Crippen LogP contribution in [-0.4, -0.2) is 0 Å². The first kappa shape index (κ1) is 13.1. The number of hydrogen-bond donors (Lipinski definition) is 0. The normalized spacial score (nSPS) is 37.8. The molecule has 1 aliphatic rings. The fourth-order valence-corrected chi connectivity index (χ4v) is 3.63. The molecule has 0 N–H and O–H groups in total. The molecule has 0 bridgehead atoms. The lowest BCUT2D eigenvalue weighted by Crippen LogP contribution is -2.44. The van der Waals surface area contributed by atoms with Gasteiger partial charge in [-0.15, -0.1) is 0 Å². The summed E-state index contributed by atoms with van der Waals surface area (Å²) in [7, 11) is 0. The van der Waals surface area contributed by atoms with E-state index in [1.54, 1.807) is 0 Å². The maximum Gasteiger partial charge on any atom is -0.0292 e. The number of rotatable bonds is 5. The van der Waals surface area contributed by atoms with Crippen molar-refractivity contribution in [3.63, 3.8) is 0 Å². The van der Waals surface area contributed by atoms with Crippen LogP contribution in [0, 0.1) is 29.1 Å². The van der Waals surface area contributed by atoms with Crippen LogP contribution in [-0.2, 0) is 0 Å². The molecule has 0 heterocycles. The highest BCUT2D eigenvalue weighted by Gasteiger charge is 2.46. The summed E-state index contributed by atoms with van der Waals surface area (Å²) in [5, 5.41) is 0. The monoisotopic (exact) mass is 210 g/mol. The minimum absolute atomic E-state index is 0.678. The summed E-state index contributed by atoms with van der Waals surface area (Å²) >= 11 is 0. The van der Waals surface area contributed by atoms with Crippen LogP contribution in [0.15, 0.2) is 0 Å². The van der Waals surface area contributed by atoms with Gasteiger partial charge in [-0.2, -0.15) is 0 Å². The maximum atomic E-state index is 2.52. The summed E-state index contributed by atoms with van der Waals surface area (Å²) in [4.78, 5) is 0. The fraction of sp³-hybridized carbons (Fsp3) is 1.00. The number of hydrogen-bond acceptors (Lipinski definition) is 0. The van der Waals surface area contributed by atoms with Gasteiger partial charge < -0.3 is 0 Å². The highest BCUT2D eigenvalue weighted by atomic mass is 14.5. The largest absolute Gasteiger partial charge is 0.0651 e. The molecule has 0 amide bonds.